The zero-order valence-corrected chi connectivity index (χ0v) is 29.1. The van der Waals surface area contributed by atoms with Gasteiger partial charge >= 0.3 is 0 Å². The topological polar surface area (TPSA) is 95.3 Å². The van der Waals surface area contributed by atoms with Crippen LogP contribution in [0.1, 0.15) is 29.4 Å². The van der Waals surface area contributed by atoms with E-state index >= 15 is 4.39 Å². The fraction of sp³-hybridized carbons (Fsp3) is 0.152. The number of aromatic nitrogens is 2. The molecule has 5 aromatic rings. The molecule has 1 aliphatic rings. The molecule has 1 atom stereocenters. The standard InChI is InChI=1S/C33H27FIN2O5PS2/c1-33(14-12-27(19-30(33)34)43(2,3)39)45(40,41)37-15-13-21-17-26(10-11-29(21)37)42-25-9-5-7-23(18-25)32-36-28(20-44-32)31(38)22-6-4-8-24(35)16-22/h4-13,15-20H,14H2,1-3H3. The summed E-state index contributed by atoms with van der Waals surface area (Å²) in [6.45, 7) is 4.40. The van der Waals surface area contributed by atoms with Gasteiger partial charge in [0.05, 0.1) is 5.52 Å². The van der Waals surface area contributed by atoms with Crippen LogP contribution in [-0.4, -0.2) is 41.2 Å². The van der Waals surface area contributed by atoms with Crippen LogP contribution in [0, 0.1) is 3.57 Å². The van der Waals surface area contributed by atoms with E-state index in [2.05, 4.69) is 27.6 Å². The number of carbonyl (C=O) groups is 1. The number of halogens is 2. The van der Waals surface area contributed by atoms with Crippen molar-refractivity contribution in [1.29, 1.82) is 0 Å². The maximum Gasteiger partial charge on any atom is 0.251 e. The largest absolute Gasteiger partial charge is 0.457 e. The number of carbonyl (C=O) groups excluding carboxylic acids is 1. The Morgan fingerprint density at radius 1 is 1.07 bits per heavy atom. The molecule has 0 aliphatic heterocycles. The molecular weight excluding hydrogens is 745 g/mol. The Labute approximate surface area is 278 Å². The van der Waals surface area contributed by atoms with Gasteiger partial charge in [0.1, 0.15) is 39.9 Å². The van der Waals surface area contributed by atoms with Crippen LogP contribution >= 0.6 is 41.1 Å². The first-order valence-corrected chi connectivity index (χ1v) is 19.8. The third kappa shape index (κ3) is 5.98. The third-order valence-corrected chi connectivity index (χ3v) is 13.2. The highest BCUT2D eigenvalue weighted by Crippen LogP contribution is 2.51. The van der Waals surface area contributed by atoms with Crippen molar-refractivity contribution in [2.45, 2.75) is 18.1 Å². The lowest BCUT2D eigenvalue weighted by atomic mass is 10.0. The smallest absolute Gasteiger partial charge is 0.251 e. The first kappa shape index (κ1) is 31.6. The summed E-state index contributed by atoms with van der Waals surface area (Å²) in [5.74, 6) is 0.0361. The minimum absolute atomic E-state index is 0.129. The van der Waals surface area contributed by atoms with Crippen molar-refractivity contribution >= 4 is 67.8 Å². The van der Waals surface area contributed by atoms with Crippen molar-refractivity contribution < 1.29 is 26.9 Å². The number of allylic oxidation sites excluding steroid dienone is 3. The Bertz CT molecular complexity index is 2220. The van der Waals surface area contributed by atoms with E-state index in [0.29, 0.717) is 44.0 Å². The maximum atomic E-state index is 15.4. The Kier molecular flexibility index (Phi) is 8.26. The van der Waals surface area contributed by atoms with E-state index < -0.39 is 27.7 Å². The van der Waals surface area contributed by atoms with Gasteiger partial charge in [-0.05, 0) is 104 Å². The summed E-state index contributed by atoms with van der Waals surface area (Å²) in [6, 6.07) is 21.3. The third-order valence-electron chi connectivity index (χ3n) is 7.70. The predicted molar refractivity (Wildman–Crippen MR) is 186 cm³/mol. The van der Waals surface area contributed by atoms with Gasteiger partial charge in [-0.15, -0.1) is 11.3 Å². The van der Waals surface area contributed by atoms with Gasteiger partial charge in [0, 0.05) is 37.0 Å². The van der Waals surface area contributed by atoms with E-state index in [-0.39, 0.29) is 12.2 Å². The highest BCUT2D eigenvalue weighted by molar-refractivity contribution is 14.1. The van der Waals surface area contributed by atoms with Gasteiger partial charge < -0.3 is 9.30 Å². The molecule has 7 nitrogen and oxygen atoms in total. The van der Waals surface area contributed by atoms with E-state index in [4.69, 9.17) is 4.74 Å². The fourth-order valence-corrected chi connectivity index (χ4v) is 9.02. The molecular formula is C33H27FIN2O5PS2. The van der Waals surface area contributed by atoms with Crippen LogP contribution < -0.4 is 4.74 Å². The zero-order valence-electron chi connectivity index (χ0n) is 24.4. The fourth-order valence-electron chi connectivity index (χ4n) is 5.04. The number of thiazole rings is 1. The maximum absolute atomic E-state index is 15.4. The number of ketones is 1. The molecule has 0 N–H and O–H groups in total. The number of nitrogens with zero attached hydrogens (tertiary/aromatic N) is 2. The molecule has 0 radical (unpaired) electrons. The summed E-state index contributed by atoms with van der Waals surface area (Å²) in [4.78, 5) is 17.5. The lowest BCUT2D eigenvalue weighted by Gasteiger charge is -2.31. The van der Waals surface area contributed by atoms with Crippen LogP contribution in [0.2, 0.25) is 0 Å². The summed E-state index contributed by atoms with van der Waals surface area (Å²) in [5, 5.41) is 3.35. The summed E-state index contributed by atoms with van der Waals surface area (Å²) < 4.78 is 61.7. The zero-order chi connectivity index (χ0) is 32.1. The van der Waals surface area contributed by atoms with Crippen molar-refractivity contribution in [3.63, 3.8) is 0 Å². The summed E-state index contributed by atoms with van der Waals surface area (Å²) in [7, 11) is -6.97. The average Bonchev–Trinajstić information content (AvgIpc) is 3.66. The van der Waals surface area contributed by atoms with E-state index in [9.17, 15) is 17.8 Å². The van der Waals surface area contributed by atoms with E-state index in [1.165, 1.54) is 37.8 Å². The molecule has 45 heavy (non-hydrogen) atoms. The van der Waals surface area contributed by atoms with E-state index in [1.807, 2.05) is 36.4 Å². The van der Waals surface area contributed by atoms with Gasteiger partial charge in [-0.25, -0.2) is 21.8 Å². The number of fused-ring (bicyclic) bond motifs is 1. The molecule has 0 amide bonds. The Morgan fingerprint density at radius 3 is 2.56 bits per heavy atom. The number of rotatable bonds is 8. The van der Waals surface area contributed by atoms with Crippen LogP contribution in [0.4, 0.5) is 4.39 Å². The summed E-state index contributed by atoms with van der Waals surface area (Å²) in [6.07, 6.45) is 3.93. The Hall–Kier alpha value is -3.38. The van der Waals surface area contributed by atoms with Gasteiger partial charge in [0.15, 0.2) is 0 Å². The second kappa shape index (κ2) is 11.8. The van der Waals surface area contributed by atoms with Crippen molar-refractivity contribution in [1.82, 2.24) is 8.96 Å². The molecule has 230 valence electrons. The minimum Gasteiger partial charge on any atom is -0.457 e. The number of hydrogen-bond donors (Lipinski definition) is 0. The second-order valence-electron chi connectivity index (χ2n) is 11.3. The molecule has 2 aromatic heterocycles. The SMILES string of the molecule is CC1(S(=O)(=O)n2ccc3cc(Oc4cccc(-c5nc(C(=O)c6cccc(I)c6)cs5)c4)ccc32)CC=C(P(C)(C)=O)C=C1F. The van der Waals surface area contributed by atoms with Gasteiger partial charge in [0.25, 0.3) is 10.0 Å². The van der Waals surface area contributed by atoms with Gasteiger partial charge in [-0.3, -0.25) is 4.79 Å². The van der Waals surface area contributed by atoms with Crippen LogP contribution in [0.15, 0.2) is 108 Å². The monoisotopic (exact) mass is 772 g/mol. The molecule has 0 spiro atoms. The van der Waals surface area contributed by atoms with Crippen molar-refractivity contribution in [3.05, 3.63) is 122 Å². The lowest BCUT2D eigenvalue weighted by molar-refractivity contribution is 0.103. The highest BCUT2D eigenvalue weighted by Gasteiger charge is 2.46. The average molecular weight is 773 g/mol. The Morgan fingerprint density at radius 2 is 1.82 bits per heavy atom. The molecule has 0 saturated heterocycles. The Balaban J connectivity index is 1.23. The van der Waals surface area contributed by atoms with Crippen LogP contribution in [0.3, 0.4) is 0 Å². The molecule has 6 rings (SSSR count). The normalized spacial score (nSPS) is 17.2. The number of benzene rings is 3. The van der Waals surface area contributed by atoms with E-state index in [0.717, 1.165) is 19.2 Å². The lowest BCUT2D eigenvalue weighted by Crippen LogP contribution is -2.40. The first-order valence-electron chi connectivity index (χ1n) is 13.8. The number of ether oxygens (including phenoxy) is 1. The summed E-state index contributed by atoms with van der Waals surface area (Å²) in [5.41, 5.74) is 2.12. The molecule has 0 fully saturated rings. The molecule has 1 unspecified atom stereocenters. The van der Waals surface area contributed by atoms with Gasteiger partial charge in [0.2, 0.25) is 5.78 Å². The van der Waals surface area contributed by atoms with E-state index in [1.54, 1.807) is 47.9 Å². The van der Waals surface area contributed by atoms with Crippen LogP contribution in [0.5, 0.6) is 11.5 Å². The first-order chi connectivity index (χ1) is 21.3. The molecule has 0 saturated carbocycles. The highest BCUT2D eigenvalue weighted by atomic mass is 127. The van der Waals surface area contributed by atoms with Crippen molar-refractivity contribution in [2.75, 3.05) is 13.3 Å². The molecule has 12 heteroatoms. The molecule has 1 aliphatic carbocycles. The van der Waals surface area contributed by atoms with Crippen molar-refractivity contribution in [2.24, 2.45) is 0 Å². The predicted octanol–water partition coefficient (Wildman–Crippen LogP) is 9.09. The minimum atomic E-state index is -4.23. The molecule has 3 aromatic carbocycles. The van der Waals surface area contributed by atoms with Crippen LogP contribution in [-0.2, 0) is 14.6 Å². The van der Waals surface area contributed by atoms with Crippen molar-refractivity contribution in [3.8, 4) is 22.1 Å². The van der Waals surface area contributed by atoms with Gasteiger partial charge in [-0.1, -0.05) is 30.3 Å². The molecule has 0 bridgehead atoms. The van der Waals surface area contributed by atoms with Crippen LogP contribution in [0.25, 0.3) is 21.5 Å². The van der Waals surface area contributed by atoms with Gasteiger partial charge in [-0.2, -0.15) is 0 Å². The second-order valence-corrected chi connectivity index (χ2v) is 18.8. The quantitative estimate of drug-likeness (QED) is 0.0888. The number of hydrogen-bond acceptors (Lipinski definition) is 7. The molecule has 2 heterocycles. The summed E-state index contributed by atoms with van der Waals surface area (Å²) >= 11 is 3.54.